The average Bonchev–Trinajstić information content (AvgIpc) is 3.34. The maximum Gasteiger partial charge on any atom is 0.305 e. The van der Waals surface area contributed by atoms with Crippen LogP contribution in [0.4, 0.5) is 0 Å². The van der Waals surface area contributed by atoms with Crippen LogP contribution in [0.2, 0.25) is 0 Å². The normalized spacial score (nSPS) is 12.6. The van der Waals surface area contributed by atoms with Crippen molar-refractivity contribution in [3.05, 3.63) is 12.2 Å². The minimum absolute atomic E-state index is 0.0184. The molecule has 0 aromatic carbocycles. The summed E-state index contributed by atoms with van der Waals surface area (Å²) in [5.41, 5.74) is 0. The van der Waals surface area contributed by atoms with E-state index in [1.54, 1.807) is 0 Å². The second-order valence-corrected chi connectivity index (χ2v) is 21.4. The lowest BCUT2D eigenvalue weighted by Gasteiger charge is -2.22. The van der Waals surface area contributed by atoms with Gasteiger partial charge in [-0.1, -0.05) is 296 Å². The molecule has 0 fully saturated rings. The van der Waals surface area contributed by atoms with Gasteiger partial charge in [0.2, 0.25) is 5.91 Å². The highest BCUT2D eigenvalue weighted by Gasteiger charge is 2.20. The van der Waals surface area contributed by atoms with Crippen molar-refractivity contribution in [3.8, 4) is 0 Å². The van der Waals surface area contributed by atoms with Gasteiger partial charge in [-0.05, 0) is 51.4 Å². The first-order valence-corrected chi connectivity index (χ1v) is 30.9. The molecule has 0 saturated heterocycles. The Morgan fingerprint density at radius 3 is 1.04 bits per heavy atom. The van der Waals surface area contributed by atoms with Crippen LogP contribution >= 0.6 is 0 Å². The first kappa shape index (κ1) is 66.6. The lowest BCUT2D eigenvalue weighted by atomic mass is 10.0. The molecule has 0 rings (SSSR count). The quantitative estimate of drug-likeness (QED) is 0.0321. The van der Waals surface area contributed by atoms with Crippen molar-refractivity contribution in [1.29, 1.82) is 0 Å². The van der Waals surface area contributed by atoms with Crippen molar-refractivity contribution >= 4 is 11.9 Å². The molecular formula is C62H121NO5. The molecule has 0 aliphatic heterocycles. The molecule has 0 bridgehead atoms. The Labute approximate surface area is 425 Å². The van der Waals surface area contributed by atoms with Gasteiger partial charge in [-0.25, -0.2) is 0 Å². The Bertz CT molecular complexity index is 1020. The largest absolute Gasteiger partial charge is 0.466 e. The molecule has 0 aromatic rings. The van der Waals surface area contributed by atoms with Crippen LogP contribution in [-0.4, -0.2) is 47.4 Å². The third-order valence-electron chi connectivity index (χ3n) is 14.6. The van der Waals surface area contributed by atoms with E-state index in [2.05, 4.69) is 31.3 Å². The van der Waals surface area contributed by atoms with Crippen LogP contribution < -0.4 is 5.32 Å². The number of carbonyl (C=O) groups is 2. The number of nitrogens with one attached hydrogen (secondary N) is 1. The van der Waals surface area contributed by atoms with Crippen molar-refractivity contribution in [3.63, 3.8) is 0 Å². The van der Waals surface area contributed by atoms with E-state index in [0.717, 1.165) is 38.5 Å². The molecule has 0 radical (unpaired) electrons. The summed E-state index contributed by atoms with van der Waals surface area (Å²) in [7, 11) is 0. The van der Waals surface area contributed by atoms with E-state index in [4.69, 9.17) is 4.74 Å². The van der Waals surface area contributed by atoms with Crippen LogP contribution in [0, 0.1) is 0 Å². The number of ether oxygens (including phenoxy) is 1. The van der Waals surface area contributed by atoms with Gasteiger partial charge in [0.1, 0.15) is 0 Å². The molecule has 6 nitrogen and oxygen atoms in total. The summed E-state index contributed by atoms with van der Waals surface area (Å²) >= 11 is 0. The van der Waals surface area contributed by atoms with Crippen molar-refractivity contribution in [2.75, 3.05) is 13.2 Å². The van der Waals surface area contributed by atoms with E-state index in [-0.39, 0.29) is 18.5 Å². The summed E-state index contributed by atoms with van der Waals surface area (Å²) in [4.78, 5) is 24.4. The summed E-state index contributed by atoms with van der Waals surface area (Å²) in [6.45, 7) is 4.95. The highest BCUT2D eigenvalue weighted by atomic mass is 16.5. The fourth-order valence-corrected chi connectivity index (χ4v) is 9.81. The number of unbranched alkanes of at least 4 members (excludes halogenated alkanes) is 45. The van der Waals surface area contributed by atoms with E-state index in [0.29, 0.717) is 25.9 Å². The van der Waals surface area contributed by atoms with Crippen LogP contribution in [0.1, 0.15) is 348 Å². The van der Waals surface area contributed by atoms with Gasteiger partial charge in [0, 0.05) is 12.8 Å². The van der Waals surface area contributed by atoms with Gasteiger partial charge >= 0.3 is 5.97 Å². The number of aliphatic hydroxyl groups is 2. The first-order chi connectivity index (χ1) is 33.5. The zero-order valence-electron chi connectivity index (χ0n) is 46.1. The van der Waals surface area contributed by atoms with Crippen molar-refractivity contribution in [2.45, 2.75) is 360 Å². The Hall–Kier alpha value is -1.40. The summed E-state index contributed by atoms with van der Waals surface area (Å²) in [6, 6.07) is -0.537. The zero-order valence-corrected chi connectivity index (χ0v) is 46.1. The predicted octanol–water partition coefficient (Wildman–Crippen LogP) is 19.2. The lowest BCUT2D eigenvalue weighted by molar-refractivity contribution is -0.143. The molecule has 1 amide bonds. The smallest absolute Gasteiger partial charge is 0.305 e. The number of carbonyl (C=O) groups excluding carboxylic acids is 2. The third-order valence-corrected chi connectivity index (χ3v) is 14.6. The van der Waals surface area contributed by atoms with E-state index >= 15 is 0 Å². The first-order valence-electron chi connectivity index (χ1n) is 30.9. The van der Waals surface area contributed by atoms with E-state index < -0.39 is 12.1 Å². The number of rotatable bonds is 58. The Morgan fingerprint density at radius 1 is 0.397 bits per heavy atom. The molecule has 2 unspecified atom stereocenters. The molecule has 0 aromatic heterocycles. The third kappa shape index (κ3) is 53.9. The van der Waals surface area contributed by atoms with Gasteiger partial charge in [-0.15, -0.1) is 0 Å². The van der Waals surface area contributed by atoms with Crippen LogP contribution in [-0.2, 0) is 14.3 Å². The van der Waals surface area contributed by atoms with Crippen LogP contribution in [0.15, 0.2) is 12.2 Å². The molecule has 2 atom stereocenters. The van der Waals surface area contributed by atoms with Crippen LogP contribution in [0.25, 0.3) is 0 Å². The summed E-state index contributed by atoms with van der Waals surface area (Å²) in [6.07, 6.45) is 69.6. The SMILES string of the molecule is CCCCCCCCCCCCCCCC(=O)OCCCCCCCCCCCCCC/C=C\CCCCCCCCCCCCCCCC(=O)NC(CO)C(O)CCCCCCCCCCC. The number of hydrogen-bond donors (Lipinski definition) is 3. The number of aliphatic hydroxyl groups excluding tert-OH is 2. The second kappa shape index (κ2) is 58.2. The predicted molar refractivity (Wildman–Crippen MR) is 297 cm³/mol. The standard InChI is InChI=1S/C62H121NO5/c1-3-5-7-9-11-13-14-32-36-40-44-48-52-56-62(67)68-57-53-49-45-41-37-34-31-29-27-25-23-21-19-17-15-16-18-20-22-24-26-28-30-33-35-39-43-47-51-55-61(66)63-59(58-64)60(65)54-50-46-42-38-12-10-8-6-4-2/h15,17,59-60,64-65H,3-14,16,18-58H2,1-2H3,(H,63,66)/b17-15-. The monoisotopic (exact) mass is 960 g/mol. The number of esters is 1. The number of allylic oxidation sites excluding steroid dienone is 2. The molecule has 3 N–H and O–H groups in total. The Kier molecular flexibility index (Phi) is 57.0. The fraction of sp³-hybridized carbons (Fsp3) is 0.935. The zero-order chi connectivity index (χ0) is 49.3. The highest BCUT2D eigenvalue weighted by Crippen LogP contribution is 2.18. The van der Waals surface area contributed by atoms with Crippen LogP contribution in [0.5, 0.6) is 0 Å². The van der Waals surface area contributed by atoms with E-state index in [9.17, 15) is 19.8 Å². The Morgan fingerprint density at radius 2 is 0.691 bits per heavy atom. The maximum absolute atomic E-state index is 12.4. The Balaban J connectivity index is 3.33. The topological polar surface area (TPSA) is 95.9 Å². The number of amides is 1. The van der Waals surface area contributed by atoms with Gasteiger partial charge in [-0.3, -0.25) is 9.59 Å². The molecule has 0 spiro atoms. The molecular weight excluding hydrogens is 839 g/mol. The second-order valence-electron chi connectivity index (χ2n) is 21.4. The maximum atomic E-state index is 12.4. The fourth-order valence-electron chi connectivity index (χ4n) is 9.81. The summed E-state index contributed by atoms with van der Waals surface area (Å²) in [5.74, 6) is -0.0168. The molecule has 0 aliphatic rings. The van der Waals surface area contributed by atoms with Gasteiger partial charge in [0.25, 0.3) is 0 Å². The number of hydrogen-bond acceptors (Lipinski definition) is 5. The van der Waals surface area contributed by atoms with E-state index in [1.165, 1.54) is 276 Å². The van der Waals surface area contributed by atoms with Crippen LogP contribution in [0.3, 0.4) is 0 Å². The van der Waals surface area contributed by atoms with E-state index in [1.807, 2.05) is 0 Å². The minimum atomic E-state index is -0.660. The molecule has 0 aliphatic carbocycles. The van der Waals surface area contributed by atoms with Gasteiger partial charge in [-0.2, -0.15) is 0 Å². The molecule has 68 heavy (non-hydrogen) atoms. The van der Waals surface area contributed by atoms with Crippen molar-refractivity contribution in [2.24, 2.45) is 0 Å². The van der Waals surface area contributed by atoms with Crippen molar-refractivity contribution in [1.82, 2.24) is 5.32 Å². The summed E-state index contributed by atoms with van der Waals surface area (Å²) in [5, 5.41) is 23.1. The highest BCUT2D eigenvalue weighted by molar-refractivity contribution is 5.76. The molecule has 0 heterocycles. The van der Waals surface area contributed by atoms with Gasteiger partial charge in [0.15, 0.2) is 0 Å². The minimum Gasteiger partial charge on any atom is -0.466 e. The molecule has 6 heteroatoms. The van der Waals surface area contributed by atoms with Gasteiger partial charge < -0.3 is 20.3 Å². The molecule has 0 saturated carbocycles. The summed E-state index contributed by atoms with van der Waals surface area (Å²) < 4.78 is 5.48. The van der Waals surface area contributed by atoms with Gasteiger partial charge in [0.05, 0.1) is 25.4 Å². The van der Waals surface area contributed by atoms with Crippen molar-refractivity contribution < 1.29 is 24.5 Å². The lowest BCUT2D eigenvalue weighted by Crippen LogP contribution is -2.45. The molecule has 404 valence electrons. The average molecular weight is 961 g/mol.